The molecule has 0 saturated carbocycles. The third-order valence-corrected chi connectivity index (χ3v) is 5.15. The summed E-state index contributed by atoms with van der Waals surface area (Å²) >= 11 is 7.56. The number of fused-ring (bicyclic) bond motifs is 1. The molecule has 3 rings (SSSR count). The molecule has 25 heavy (non-hydrogen) atoms. The van der Waals surface area contributed by atoms with Crippen LogP contribution in [0.2, 0.25) is 5.02 Å². The summed E-state index contributed by atoms with van der Waals surface area (Å²) in [7, 11) is 2.09. The van der Waals surface area contributed by atoms with Crippen LogP contribution in [0.1, 0.15) is 17.0 Å². The molecule has 2 amide bonds. The molecule has 0 atom stereocenters. The first-order valence-electron chi connectivity index (χ1n) is 8.21. The molecule has 2 aromatic rings. The van der Waals surface area contributed by atoms with Gasteiger partial charge in [0.1, 0.15) is 5.75 Å². The van der Waals surface area contributed by atoms with E-state index in [2.05, 4.69) is 27.6 Å². The van der Waals surface area contributed by atoms with Gasteiger partial charge in [-0.2, -0.15) is 0 Å². The van der Waals surface area contributed by atoms with Crippen LogP contribution in [0.5, 0.6) is 5.75 Å². The van der Waals surface area contributed by atoms with Gasteiger partial charge in [0.15, 0.2) is 5.13 Å². The number of nitrogens with zero attached hydrogens (tertiary/aromatic N) is 2. The molecule has 0 saturated heterocycles. The number of aromatic nitrogens is 1. The van der Waals surface area contributed by atoms with Crippen LogP contribution in [-0.4, -0.2) is 42.7 Å². The lowest BCUT2D eigenvalue weighted by Crippen LogP contribution is -2.30. The second-order valence-corrected chi connectivity index (χ2v) is 7.38. The van der Waals surface area contributed by atoms with Gasteiger partial charge in [0, 0.05) is 30.9 Å². The molecule has 1 aliphatic heterocycles. The van der Waals surface area contributed by atoms with Crippen molar-refractivity contribution in [3.8, 4) is 5.75 Å². The molecule has 1 aromatic carbocycles. The normalized spacial score (nSPS) is 14.0. The number of carbonyl (C=O) groups is 1. The lowest BCUT2D eigenvalue weighted by Gasteiger charge is -2.20. The van der Waals surface area contributed by atoms with Gasteiger partial charge in [-0.15, -0.1) is 11.3 Å². The number of anilines is 1. The second-order valence-electron chi connectivity index (χ2n) is 5.89. The molecule has 8 heteroatoms. The predicted molar refractivity (Wildman–Crippen MR) is 101 cm³/mol. The Hall–Kier alpha value is -1.83. The molecule has 0 fully saturated rings. The SMILES string of the molecule is CN1CCc2nc(NC(=O)NCCCOc3ccccc3Cl)sc2C1. The predicted octanol–water partition coefficient (Wildman–Crippen LogP) is 3.38. The summed E-state index contributed by atoms with van der Waals surface area (Å²) in [4.78, 5) is 19.9. The van der Waals surface area contributed by atoms with Crippen LogP contribution in [0.4, 0.5) is 9.93 Å². The second kappa shape index (κ2) is 8.51. The lowest BCUT2D eigenvalue weighted by atomic mass is 10.2. The van der Waals surface area contributed by atoms with Gasteiger partial charge in [-0.25, -0.2) is 9.78 Å². The van der Waals surface area contributed by atoms with Crippen molar-refractivity contribution in [2.75, 3.05) is 32.1 Å². The van der Waals surface area contributed by atoms with E-state index in [1.54, 1.807) is 17.4 Å². The minimum absolute atomic E-state index is 0.239. The fourth-order valence-electron chi connectivity index (χ4n) is 2.54. The first-order chi connectivity index (χ1) is 12.1. The quantitative estimate of drug-likeness (QED) is 0.754. The minimum Gasteiger partial charge on any atom is -0.492 e. The first-order valence-corrected chi connectivity index (χ1v) is 9.40. The maximum absolute atomic E-state index is 11.9. The highest BCUT2D eigenvalue weighted by Gasteiger charge is 2.18. The molecule has 0 spiro atoms. The van der Waals surface area contributed by atoms with Gasteiger partial charge in [-0.1, -0.05) is 23.7 Å². The number of rotatable bonds is 6. The number of nitrogens with one attached hydrogen (secondary N) is 2. The van der Waals surface area contributed by atoms with Gasteiger partial charge >= 0.3 is 6.03 Å². The fourth-order valence-corrected chi connectivity index (χ4v) is 3.81. The molecule has 134 valence electrons. The molecule has 2 N–H and O–H groups in total. The largest absolute Gasteiger partial charge is 0.492 e. The van der Waals surface area contributed by atoms with Crippen molar-refractivity contribution in [2.24, 2.45) is 0 Å². The summed E-state index contributed by atoms with van der Waals surface area (Å²) in [5.74, 6) is 0.659. The van der Waals surface area contributed by atoms with Crippen LogP contribution in [0, 0.1) is 0 Å². The number of carbonyl (C=O) groups excluding carboxylic acids is 1. The van der Waals surface area contributed by atoms with Crippen molar-refractivity contribution in [1.29, 1.82) is 0 Å². The summed E-state index contributed by atoms with van der Waals surface area (Å²) in [6.07, 6.45) is 1.63. The highest BCUT2D eigenvalue weighted by Crippen LogP contribution is 2.27. The Morgan fingerprint density at radius 1 is 1.44 bits per heavy atom. The number of hydrogen-bond acceptors (Lipinski definition) is 5. The summed E-state index contributed by atoms with van der Waals surface area (Å²) in [6.45, 7) is 2.91. The average molecular weight is 381 g/mol. The van der Waals surface area contributed by atoms with Crippen molar-refractivity contribution in [3.05, 3.63) is 39.9 Å². The van der Waals surface area contributed by atoms with Crippen LogP contribution in [0.3, 0.4) is 0 Å². The van der Waals surface area contributed by atoms with Gasteiger partial charge in [-0.3, -0.25) is 5.32 Å². The number of ether oxygens (including phenoxy) is 1. The topological polar surface area (TPSA) is 66.5 Å². The summed E-state index contributed by atoms with van der Waals surface area (Å²) in [6, 6.07) is 7.10. The van der Waals surface area contributed by atoms with Crippen LogP contribution in [-0.2, 0) is 13.0 Å². The van der Waals surface area contributed by atoms with Gasteiger partial charge < -0.3 is 15.0 Å². The Labute approximate surface area is 156 Å². The number of para-hydroxylation sites is 1. The van der Waals surface area contributed by atoms with E-state index < -0.39 is 0 Å². The zero-order chi connectivity index (χ0) is 17.6. The Bertz CT molecular complexity index is 737. The standard InChI is InChI=1S/C17H21ClN4O2S/c1-22-9-7-13-15(11-22)25-17(20-13)21-16(23)19-8-4-10-24-14-6-3-2-5-12(14)18/h2-3,5-6H,4,7-11H2,1H3,(H2,19,20,21,23). The van der Waals surface area contributed by atoms with Gasteiger partial charge in [0.05, 0.1) is 17.3 Å². The number of benzene rings is 1. The third-order valence-electron chi connectivity index (χ3n) is 3.84. The zero-order valence-corrected chi connectivity index (χ0v) is 15.6. The van der Waals surface area contributed by atoms with E-state index in [0.717, 1.165) is 25.2 Å². The van der Waals surface area contributed by atoms with Crippen LogP contribution in [0.25, 0.3) is 0 Å². The fraction of sp³-hybridized carbons (Fsp3) is 0.412. The maximum Gasteiger partial charge on any atom is 0.321 e. The molecule has 6 nitrogen and oxygen atoms in total. The van der Waals surface area contributed by atoms with Crippen LogP contribution in [0.15, 0.2) is 24.3 Å². The molecule has 1 aliphatic rings. The zero-order valence-electron chi connectivity index (χ0n) is 14.0. The Morgan fingerprint density at radius 2 is 2.28 bits per heavy atom. The number of hydrogen-bond donors (Lipinski definition) is 2. The highest BCUT2D eigenvalue weighted by atomic mass is 35.5. The van der Waals surface area contributed by atoms with Crippen molar-refractivity contribution >= 4 is 34.1 Å². The molecular weight excluding hydrogens is 360 g/mol. The Kier molecular flexibility index (Phi) is 6.12. The molecule has 2 heterocycles. The number of likely N-dealkylation sites (N-methyl/N-ethyl adjacent to an activating group) is 1. The smallest absolute Gasteiger partial charge is 0.321 e. The van der Waals surface area contributed by atoms with E-state index in [1.807, 2.05) is 18.2 Å². The van der Waals surface area contributed by atoms with E-state index in [0.29, 0.717) is 35.5 Å². The lowest BCUT2D eigenvalue weighted by molar-refractivity contribution is 0.250. The van der Waals surface area contributed by atoms with E-state index >= 15 is 0 Å². The van der Waals surface area contributed by atoms with Gasteiger partial charge in [-0.05, 0) is 25.6 Å². The summed E-state index contributed by atoms with van der Waals surface area (Å²) < 4.78 is 5.58. The molecule has 0 unspecified atom stereocenters. The molecule has 1 aromatic heterocycles. The van der Waals surface area contributed by atoms with E-state index in [4.69, 9.17) is 16.3 Å². The number of urea groups is 1. The monoisotopic (exact) mass is 380 g/mol. The maximum atomic E-state index is 11.9. The summed E-state index contributed by atoms with van der Waals surface area (Å²) in [5, 5.41) is 6.87. The number of amides is 2. The third kappa shape index (κ3) is 5.07. The average Bonchev–Trinajstić information content (AvgIpc) is 2.97. The van der Waals surface area contributed by atoms with Crippen molar-refractivity contribution in [1.82, 2.24) is 15.2 Å². The van der Waals surface area contributed by atoms with Crippen molar-refractivity contribution in [2.45, 2.75) is 19.4 Å². The first kappa shape index (κ1) is 18.0. The molecule has 0 aliphatic carbocycles. The Morgan fingerprint density at radius 3 is 3.12 bits per heavy atom. The van der Waals surface area contributed by atoms with E-state index in [-0.39, 0.29) is 6.03 Å². The van der Waals surface area contributed by atoms with E-state index in [1.165, 1.54) is 4.88 Å². The number of thiazole rings is 1. The molecule has 0 bridgehead atoms. The van der Waals surface area contributed by atoms with Crippen LogP contribution >= 0.6 is 22.9 Å². The van der Waals surface area contributed by atoms with Crippen molar-refractivity contribution in [3.63, 3.8) is 0 Å². The molecule has 0 radical (unpaired) electrons. The van der Waals surface area contributed by atoms with Crippen LogP contribution < -0.4 is 15.4 Å². The van der Waals surface area contributed by atoms with Gasteiger partial charge in [0.2, 0.25) is 0 Å². The van der Waals surface area contributed by atoms with Crippen molar-refractivity contribution < 1.29 is 9.53 Å². The highest BCUT2D eigenvalue weighted by molar-refractivity contribution is 7.15. The number of halogens is 1. The minimum atomic E-state index is -0.239. The molecular formula is C17H21ClN4O2S. The summed E-state index contributed by atoms with van der Waals surface area (Å²) in [5.41, 5.74) is 1.10. The van der Waals surface area contributed by atoms with Gasteiger partial charge in [0.25, 0.3) is 0 Å². The van der Waals surface area contributed by atoms with E-state index in [9.17, 15) is 4.79 Å². The Balaban J connectivity index is 1.37.